The predicted octanol–water partition coefficient (Wildman–Crippen LogP) is 7.09. The van der Waals surface area contributed by atoms with Crippen molar-refractivity contribution in [3.63, 3.8) is 0 Å². The van der Waals surface area contributed by atoms with Crippen LogP contribution in [0.5, 0.6) is 0 Å². The third-order valence-electron chi connectivity index (χ3n) is 12.3. The Morgan fingerprint density at radius 3 is 2.30 bits per heavy atom. The highest BCUT2D eigenvalue weighted by molar-refractivity contribution is 5.85. The number of ether oxygens (including phenoxy) is 1. The van der Waals surface area contributed by atoms with E-state index in [1.807, 2.05) is 0 Å². The highest BCUT2D eigenvalue weighted by atomic mass is 16.5. The third kappa shape index (κ3) is 4.32. The minimum absolute atomic E-state index is 0.00770. The molecule has 8 unspecified atom stereocenters. The monoisotopic (exact) mass is 514 g/mol. The molecule has 4 aliphatic rings. The third-order valence-corrected chi connectivity index (χ3v) is 12.3. The number of allylic oxidation sites excluding steroid dienone is 2. The largest absolute Gasteiger partial charge is 0.478 e. The number of rotatable bonds is 6. The number of carboxylic acids is 1. The molecule has 0 aromatic rings. The highest BCUT2D eigenvalue weighted by Crippen LogP contribution is 2.72. The summed E-state index contributed by atoms with van der Waals surface area (Å²) in [5.41, 5.74) is 4.08. The molecule has 2 saturated carbocycles. The molecule has 2 fully saturated rings. The molecular formula is C32H50O5. The Kier molecular flexibility index (Phi) is 7.32. The summed E-state index contributed by atoms with van der Waals surface area (Å²) in [5, 5.41) is 20.3. The van der Waals surface area contributed by atoms with Crippen LogP contribution in [0.1, 0.15) is 113 Å². The topological polar surface area (TPSA) is 83.8 Å². The number of aliphatic hydroxyl groups excluding tert-OH is 1. The van der Waals surface area contributed by atoms with Gasteiger partial charge >= 0.3 is 11.9 Å². The number of carboxylic acid groups (broad SMARTS) is 1. The van der Waals surface area contributed by atoms with Gasteiger partial charge in [-0.2, -0.15) is 0 Å². The molecule has 0 spiro atoms. The maximum atomic E-state index is 11.8. The first kappa shape index (κ1) is 28.4. The Morgan fingerprint density at radius 2 is 1.68 bits per heavy atom. The molecular weight excluding hydrogens is 464 g/mol. The fraction of sp³-hybridized carbons (Fsp3) is 0.812. The van der Waals surface area contributed by atoms with Crippen molar-refractivity contribution in [3.05, 3.63) is 22.8 Å². The van der Waals surface area contributed by atoms with Gasteiger partial charge in [-0.3, -0.25) is 4.79 Å². The second-order valence-electron chi connectivity index (χ2n) is 14.2. The average molecular weight is 515 g/mol. The van der Waals surface area contributed by atoms with Crippen LogP contribution in [0.25, 0.3) is 0 Å². The first-order chi connectivity index (χ1) is 17.1. The first-order valence-corrected chi connectivity index (χ1v) is 14.6. The number of aliphatic carboxylic acids is 1. The van der Waals surface area contributed by atoms with Gasteiger partial charge in [-0.25, -0.2) is 4.79 Å². The Bertz CT molecular complexity index is 1010. The Hall–Kier alpha value is -1.62. The molecule has 8 atom stereocenters. The van der Waals surface area contributed by atoms with Gasteiger partial charge in [0.25, 0.3) is 0 Å². The van der Waals surface area contributed by atoms with E-state index in [-0.39, 0.29) is 39.7 Å². The molecule has 37 heavy (non-hydrogen) atoms. The minimum Gasteiger partial charge on any atom is -0.478 e. The molecule has 5 nitrogen and oxygen atoms in total. The summed E-state index contributed by atoms with van der Waals surface area (Å²) in [4.78, 5) is 23.0. The molecule has 0 aromatic heterocycles. The van der Waals surface area contributed by atoms with E-state index in [4.69, 9.17) is 4.74 Å². The van der Waals surface area contributed by atoms with E-state index in [0.29, 0.717) is 23.8 Å². The van der Waals surface area contributed by atoms with Crippen LogP contribution in [0.2, 0.25) is 0 Å². The van der Waals surface area contributed by atoms with Crippen molar-refractivity contribution in [2.24, 2.45) is 39.4 Å². The van der Waals surface area contributed by atoms with Crippen molar-refractivity contribution in [1.82, 2.24) is 0 Å². The van der Waals surface area contributed by atoms with Gasteiger partial charge in [0.05, 0.1) is 6.10 Å². The van der Waals surface area contributed by atoms with Gasteiger partial charge in [0.15, 0.2) is 0 Å². The fourth-order valence-corrected chi connectivity index (χ4v) is 9.82. The van der Waals surface area contributed by atoms with Crippen molar-refractivity contribution in [3.8, 4) is 0 Å². The maximum absolute atomic E-state index is 11.8. The van der Waals surface area contributed by atoms with Gasteiger partial charge in [-0.15, -0.1) is 0 Å². The zero-order valence-electron chi connectivity index (χ0n) is 24.4. The second kappa shape index (κ2) is 9.54. The van der Waals surface area contributed by atoms with E-state index in [0.717, 1.165) is 51.4 Å². The number of hydrogen-bond acceptors (Lipinski definition) is 4. The molecule has 0 heterocycles. The summed E-state index contributed by atoms with van der Waals surface area (Å²) in [5.74, 6) is -0.0351. The maximum Gasteiger partial charge on any atom is 0.330 e. The zero-order valence-corrected chi connectivity index (χ0v) is 24.4. The lowest BCUT2D eigenvalue weighted by Gasteiger charge is -2.62. The first-order valence-electron chi connectivity index (χ1n) is 14.6. The SMILES string of the molecule is CC(=O)OC1CCC2(C)C3=C(CCC2C1(C)C)C1(C)CCC(C(C)C(O)CC=C(C)C(=O)O)C1(C)CC3. The molecule has 208 valence electrons. The smallest absolute Gasteiger partial charge is 0.330 e. The second-order valence-corrected chi connectivity index (χ2v) is 14.2. The van der Waals surface area contributed by atoms with E-state index < -0.39 is 12.1 Å². The van der Waals surface area contributed by atoms with E-state index >= 15 is 0 Å². The lowest BCUT2D eigenvalue weighted by atomic mass is 9.43. The van der Waals surface area contributed by atoms with Gasteiger partial charge in [-0.1, -0.05) is 58.8 Å². The van der Waals surface area contributed by atoms with E-state index in [1.54, 1.807) is 24.1 Å². The normalized spacial score (nSPS) is 40.8. The van der Waals surface area contributed by atoms with Crippen molar-refractivity contribution in [1.29, 1.82) is 0 Å². The number of hydrogen-bond donors (Lipinski definition) is 2. The number of carbonyl (C=O) groups excluding carboxylic acids is 1. The van der Waals surface area contributed by atoms with Gasteiger partial charge in [0.2, 0.25) is 0 Å². The molecule has 4 aliphatic carbocycles. The molecule has 0 bridgehead atoms. The number of fused-ring (bicyclic) bond motifs is 4. The molecule has 0 amide bonds. The van der Waals surface area contributed by atoms with Crippen molar-refractivity contribution in [2.75, 3.05) is 0 Å². The summed E-state index contributed by atoms with van der Waals surface area (Å²) in [7, 11) is 0. The Balaban J connectivity index is 1.62. The van der Waals surface area contributed by atoms with Crippen LogP contribution in [0, 0.1) is 39.4 Å². The highest BCUT2D eigenvalue weighted by Gasteiger charge is 2.64. The van der Waals surface area contributed by atoms with Crippen molar-refractivity contribution in [2.45, 2.75) is 125 Å². The standard InChI is InChI=1S/C32H50O5/c1-19(28(35)36)9-11-25(34)20(2)22-13-17-32(8)24-10-12-26-29(4,5)27(37-21(3)33)15-16-30(26,6)23(24)14-18-31(22,32)7/h9,20,22,25-27,34H,10-18H2,1-8H3,(H,35,36). The van der Waals surface area contributed by atoms with E-state index in [2.05, 4.69) is 41.5 Å². The summed E-state index contributed by atoms with van der Waals surface area (Å²) >= 11 is 0. The van der Waals surface area contributed by atoms with Crippen molar-refractivity contribution >= 4 is 11.9 Å². The van der Waals surface area contributed by atoms with Crippen LogP contribution in [-0.4, -0.2) is 34.4 Å². The summed E-state index contributed by atoms with van der Waals surface area (Å²) in [6.07, 6.45) is 10.4. The lowest BCUT2D eigenvalue weighted by Crippen LogP contribution is -2.56. The van der Waals surface area contributed by atoms with Gasteiger partial charge in [0, 0.05) is 17.9 Å². The van der Waals surface area contributed by atoms with Crippen LogP contribution in [-0.2, 0) is 14.3 Å². The molecule has 0 aromatic carbocycles. The van der Waals surface area contributed by atoms with Gasteiger partial charge in [-0.05, 0) is 98.7 Å². The van der Waals surface area contributed by atoms with Crippen LogP contribution in [0.3, 0.4) is 0 Å². The average Bonchev–Trinajstić information content (AvgIpc) is 3.09. The minimum atomic E-state index is -0.916. The fourth-order valence-electron chi connectivity index (χ4n) is 9.82. The number of aliphatic hydroxyl groups is 1. The van der Waals surface area contributed by atoms with Crippen LogP contribution < -0.4 is 0 Å². The number of esters is 1. The summed E-state index contributed by atoms with van der Waals surface area (Å²) in [6, 6.07) is 0. The van der Waals surface area contributed by atoms with Crippen LogP contribution in [0.4, 0.5) is 0 Å². The summed E-state index contributed by atoms with van der Waals surface area (Å²) in [6.45, 7) is 17.4. The molecule has 5 heteroatoms. The van der Waals surface area contributed by atoms with Crippen molar-refractivity contribution < 1.29 is 24.5 Å². The summed E-state index contributed by atoms with van der Waals surface area (Å²) < 4.78 is 5.84. The molecule has 4 rings (SSSR count). The Morgan fingerprint density at radius 1 is 1.00 bits per heavy atom. The van der Waals surface area contributed by atoms with E-state index in [9.17, 15) is 19.8 Å². The Labute approximate surface area is 224 Å². The number of carbonyl (C=O) groups is 2. The molecule has 0 aliphatic heterocycles. The molecule has 2 N–H and O–H groups in total. The molecule has 0 saturated heterocycles. The quantitative estimate of drug-likeness (QED) is 0.225. The lowest BCUT2D eigenvalue weighted by molar-refractivity contribution is -0.167. The molecule has 0 radical (unpaired) electrons. The van der Waals surface area contributed by atoms with E-state index in [1.165, 1.54) is 6.92 Å². The van der Waals surface area contributed by atoms with Crippen LogP contribution >= 0.6 is 0 Å². The van der Waals surface area contributed by atoms with Crippen LogP contribution in [0.15, 0.2) is 22.8 Å². The van der Waals surface area contributed by atoms with Gasteiger partial charge in [0.1, 0.15) is 6.10 Å². The zero-order chi connectivity index (χ0) is 27.6. The predicted molar refractivity (Wildman–Crippen MR) is 146 cm³/mol. The van der Waals surface area contributed by atoms with Gasteiger partial charge < -0.3 is 14.9 Å².